The Kier molecular flexibility index (Phi) is 6.29. The smallest absolute Gasteiger partial charge is 0.410 e. The molecule has 0 radical (unpaired) electrons. The van der Waals surface area contributed by atoms with E-state index in [1.165, 1.54) is 0 Å². The molecule has 1 amide bonds. The zero-order chi connectivity index (χ0) is 18.7. The van der Waals surface area contributed by atoms with Gasteiger partial charge in [0.2, 0.25) is 0 Å². The number of aliphatic hydroxyl groups excluding tert-OH is 1. The molecule has 2 N–H and O–H groups in total. The number of carbonyl (C=O) groups is 1. The first-order valence-corrected chi connectivity index (χ1v) is 11.9. The molecule has 1 aromatic rings. The monoisotopic (exact) mass is 365 g/mol. The molecule has 25 heavy (non-hydrogen) atoms. The number of amides is 1. The van der Waals surface area contributed by atoms with Crippen molar-refractivity contribution < 1.29 is 19.4 Å². The number of rotatable bonds is 6. The molecule has 140 valence electrons. The number of ether oxygens (including phenoxy) is 1. The highest BCUT2D eigenvalue weighted by molar-refractivity contribution is 6.72. The van der Waals surface area contributed by atoms with E-state index < -0.39 is 14.4 Å². The lowest BCUT2D eigenvalue weighted by Crippen LogP contribution is -2.41. The Bertz CT molecular complexity index is 571. The molecule has 2 atom stereocenters. The van der Waals surface area contributed by atoms with E-state index >= 15 is 0 Å². The fourth-order valence-electron chi connectivity index (χ4n) is 3.02. The van der Waals surface area contributed by atoms with Crippen LogP contribution < -0.4 is 0 Å². The Hall–Kier alpha value is -1.37. The molecular weight excluding hydrogens is 334 g/mol. The van der Waals surface area contributed by atoms with Gasteiger partial charge in [-0.3, -0.25) is 0 Å². The molecule has 1 aliphatic rings. The van der Waals surface area contributed by atoms with Gasteiger partial charge in [-0.2, -0.15) is 0 Å². The molecular formula is C19H31NO4Si. The lowest BCUT2D eigenvalue weighted by molar-refractivity contribution is 0.0859. The average molecular weight is 366 g/mol. The van der Waals surface area contributed by atoms with Crippen LogP contribution in [0.25, 0.3) is 0 Å². The fourth-order valence-corrected chi connectivity index (χ4v) is 3.78. The van der Waals surface area contributed by atoms with E-state index in [2.05, 4.69) is 13.8 Å². The lowest BCUT2D eigenvalue weighted by atomic mass is 10.0. The van der Waals surface area contributed by atoms with Crippen molar-refractivity contribution in [2.24, 2.45) is 0 Å². The predicted molar refractivity (Wildman–Crippen MR) is 101 cm³/mol. The normalized spacial score (nSPS) is 21.4. The van der Waals surface area contributed by atoms with Crippen LogP contribution in [0.15, 0.2) is 30.3 Å². The molecule has 0 saturated carbocycles. The van der Waals surface area contributed by atoms with E-state index in [9.17, 15) is 14.7 Å². The number of carbonyl (C=O) groups excluding carboxylic acids is 1. The summed E-state index contributed by atoms with van der Waals surface area (Å²) >= 11 is 0. The summed E-state index contributed by atoms with van der Waals surface area (Å²) in [5.74, 6) is 0. The summed E-state index contributed by atoms with van der Waals surface area (Å²) in [6, 6.07) is 9.54. The minimum atomic E-state index is -2.28. The van der Waals surface area contributed by atoms with Crippen molar-refractivity contribution in [1.29, 1.82) is 0 Å². The van der Waals surface area contributed by atoms with Crippen molar-refractivity contribution >= 4 is 14.4 Å². The highest BCUT2D eigenvalue weighted by atomic mass is 28.4. The molecule has 1 aliphatic heterocycles. The average Bonchev–Trinajstić information content (AvgIpc) is 2.92. The molecule has 1 heterocycles. The molecule has 0 aliphatic carbocycles. The molecule has 0 spiro atoms. The van der Waals surface area contributed by atoms with Gasteiger partial charge in [0.1, 0.15) is 6.61 Å². The number of hydrogen-bond acceptors (Lipinski definition) is 4. The molecule has 1 saturated heterocycles. The van der Waals surface area contributed by atoms with E-state index in [1.54, 1.807) is 4.90 Å². The van der Waals surface area contributed by atoms with Crippen molar-refractivity contribution in [1.82, 2.24) is 4.90 Å². The summed E-state index contributed by atoms with van der Waals surface area (Å²) < 4.78 is 5.42. The number of nitrogens with zero attached hydrogens (tertiary/aromatic N) is 1. The summed E-state index contributed by atoms with van der Waals surface area (Å²) in [5, 5.41) is 9.86. The van der Waals surface area contributed by atoms with Crippen LogP contribution in [0.4, 0.5) is 4.79 Å². The Morgan fingerprint density at radius 2 is 1.96 bits per heavy atom. The topological polar surface area (TPSA) is 70.0 Å². The van der Waals surface area contributed by atoms with E-state index in [1.807, 2.05) is 43.4 Å². The third kappa shape index (κ3) is 5.30. The largest absolute Gasteiger partial charge is 0.445 e. The zero-order valence-corrected chi connectivity index (χ0v) is 16.7. The van der Waals surface area contributed by atoms with Crippen LogP contribution in [-0.4, -0.2) is 47.9 Å². The second-order valence-electron chi connectivity index (χ2n) is 8.22. The fraction of sp³-hybridized carbons (Fsp3) is 0.632. The Labute approximate surface area is 151 Å². The molecule has 6 heteroatoms. The van der Waals surface area contributed by atoms with Crippen molar-refractivity contribution in [2.45, 2.75) is 70.0 Å². The quantitative estimate of drug-likeness (QED) is 0.757. The molecule has 0 aromatic heterocycles. The molecule has 5 nitrogen and oxygen atoms in total. The zero-order valence-electron chi connectivity index (χ0n) is 15.7. The van der Waals surface area contributed by atoms with Gasteiger partial charge in [0, 0.05) is 6.04 Å². The van der Waals surface area contributed by atoms with Crippen LogP contribution in [-0.2, 0) is 11.3 Å². The summed E-state index contributed by atoms with van der Waals surface area (Å²) in [6.45, 7) is 8.62. The van der Waals surface area contributed by atoms with Gasteiger partial charge in [0.15, 0.2) is 8.32 Å². The van der Waals surface area contributed by atoms with Crippen LogP contribution >= 0.6 is 0 Å². The number of β-amino-alcohol motifs (C(OH)–C–C–N with tert-alkyl or cyclic N) is 1. The van der Waals surface area contributed by atoms with Crippen molar-refractivity contribution in [3.05, 3.63) is 35.9 Å². The van der Waals surface area contributed by atoms with Gasteiger partial charge >= 0.3 is 6.09 Å². The van der Waals surface area contributed by atoms with Crippen molar-refractivity contribution in [3.8, 4) is 0 Å². The van der Waals surface area contributed by atoms with Gasteiger partial charge in [0.05, 0.1) is 12.6 Å². The highest BCUT2D eigenvalue weighted by Crippen LogP contribution is 2.41. The van der Waals surface area contributed by atoms with E-state index in [-0.39, 0.29) is 23.8 Å². The third-order valence-electron chi connectivity index (χ3n) is 5.59. The van der Waals surface area contributed by atoms with E-state index in [0.29, 0.717) is 13.0 Å². The summed E-state index contributed by atoms with van der Waals surface area (Å²) in [5.41, 5.74) is 0.946. The summed E-state index contributed by atoms with van der Waals surface area (Å²) in [7, 11) is -2.28. The van der Waals surface area contributed by atoms with Gasteiger partial charge in [-0.15, -0.1) is 0 Å². The van der Waals surface area contributed by atoms with Gasteiger partial charge in [0.25, 0.3) is 0 Å². The SMILES string of the molecule is CC(C)(CC[C@@H]1C[C@@H](O)CN1C(=O)OCc1ccccc1)[Si](C)(C)O. The predicted octanol–water partition coefficient (Wildman–Crippen LogP) is 3.52. The second kappa shape index (κ2) is 7.89. The first kappa shape index (κ1) is 19.9. The maximum atomic E-state index is 12.4. The van der Waals surface area contributed by atoms with Crippen LogP contribution in [0, 0.1) is 0 Å². The lowest BCUT2D eigenvalue weighted by Gasteiger charge is -2.36. The van der Waals surface area contributed by atoms with Crippen LogP contribution in [0.5, 0.6) is 0 Å². The standard InChI is InChI=1S/C19H31NO4Si/c1-19(2,25(3,4)23)11-10-16-12-17(21)13-20(16)18(22)24-14-15-8-6-5-7-9-15/h5-9,16-17,21,23H,10-14H2,1-4H3/t16-,17-/m1/s1. The maximum absolute atomic E-state index is 12.4. The highest BCUT2D eigenvalue weighted by Gasteiger charge is 2.41. The van der Waals surface area contributed by atoms with Gasteiger partial charge < -0.3 is 19.5 Å². The summed E-state index contributed by atoms with van der Waals surface area (Å²) in [6.07, 6.45) is 1.29. The number of likely N-dealkylation sites (tertiary alicyclic amines) is 1. The van der Waals surface area contributed by atoms with Crippen molar-refractivity contribution in [3.63, 3.8) is 0 Å². The summed E-state index contributed by atoms with van der Waals surface area (Å²) in [4.78, 5) is 24.5. The molecule has 1 fully saturated rings. The van der Waals surface area contributed by atoms with Crippen molar-refractivity contribution in [2.75, 3.05) is 6.54 Å². The first-order valence-electron chi connectivity index (χ1n) is 8.98. The van der Waals surface area contributed by atoms with Crippen LogP contribution in [0.1, 0.15) is 38.7 Å². The van der Waals surface area contributed by atoms with E-state index in [0.717, 1.165) is 18.4 Å². The van der Waals surface area contributed by atoms with E-state index in [4.69, 9.17) is 4.74 Å². The Morgan fingerprint density at radius 1 is 1.32 bits per heavy atom. The van der Waals surface area contributed by atoms with Gasteiger partial charge in [-0.1, -0.05) is 44.2 Å². The first-order chi connectivity index (χ1) is 11.6. The molecule has 0 bridgehead atoms. The second-order valence-corrected chi connectivity index (χ2v) is 12.7. The van der Waals surface area contributed by atoms with Gasteiger partial charge in [-0.05, 0) is 43.0 Å². The minimum absolute atomic E-state index is 0.0334. The molecule has 0 unspecified atom stereocenters. The molecule has 1 aromatic carbocycles. The number of benzene rings is 1. The van der Waals surface area contributed by atoms with Crippen LogP contribution in [0.3, 0.4) is 0 Å². The minimum Gasteiger partial charge on any atom is -0.445 e. The number of aliphatic hydroxyl groups is 1. The Balaban J connectivity index is 1.93. The number of hydrogen-bond donors (Lipinski definition) is 2. The third-order valence-corrected chi connectivity index (χ3v) is 9.15. The van der Waals surface area contributed by atoms with Gasteiger partial charge in [-0.25, -0.2) is 4.79 Å². The maximum Gasteiger partial charge on any atom is 0.410 e. The molecule has 2 rings (SSSR count). The van der Waals surface area contributed by atoms with Crippen LogP contribution in [0.2, 0.25) is 18.1 Å². The Morgan fingerprint density at radius 3 is 2.56 bits per heavy atom.